The van der Waals surface area contributed by atoms with E-state index < -0.39 is 12.0 Å². The first-order valence-corrected chi connectivity index (χ1v) is 8.19. The number of carboxylic acids is 1. The fourth-order valence-corrected chi connectivity index (χ4v) is 3.36. The van der Waals surface area contributed by atoms with E-state index in [1.54, 1.807) is 0 Å². The summed E-state index contributed by atoms with van der Waals surface area (Å²) in [5, 5.41) is 12.7. The van der Waals surface area contributed by atoms with Crippen molar-refractivity contribution >= 4 is 5.97 Å². The van der Waals surface area contributed by atoms with Gasteiger partial charge in [0.1, 0.15) is 6.04 Å². The molecular weight excluding hydrogens is 262 g/mol. The second-order valence-electron chi connectivity index (χ2n) is 6.30. The fraction of sp³-hybridized carbons (Fsp3) is 0.611. The lowest BCUT2D eigenvalue weighted by Gasteiger charge is -2.29. The van der Waals surface area contributed by atoms with Gasteiger partial charge in [0.2, 0.25) is 0 Å². The van der Waals surface area contributed by atoms with Gasteiger partial charge < -0.3 is 10.4 Å². The molecule has 0 aliphatic heterocycles. The number of carbonyl (C=O) groups is 1. The first-order chi connectivity index (χ1) is 10.2. The summed E-state index contributed by atoms with van der Waals surface area (Å²) >= 11 is 0. The summed E-state index contributed by atoms with van der Waals surface area (Å²) in [5.74, 6) is 0.728. The van der Waals surface area contributed by atoms with E-state index in [1.807, 2.05) is 30.3 Å². The molecule has 0 spiro atoms. The Morgan fingerprint density at radius 3 is 2.67 bits per heavy atom. The van der Waals surface area contributed by atoms with Crippen LogP contribution in [0.25, 0.3) is 0 Å². The summed E-state index contributed by atoms with van der Waals surface area (Å²) in [5.41, 5.74) is 1.08. The fourth-order valence-electron chi connectivity index (χ4n) is 3.36. The minimum atomic E-state index is -0.748. The minimum absolute atomic E-state index is 0.477. The lowest BCUT2D eigenvalue weighted by atomic mass is 9.80. The van der Waals surface area contributed by atoms with E-state index in [0.717, 1.165) is 18.0 Å². The molecule has 3 heteroatoms. The highest BCUT2D eigenvalue weighted by atomic mass is 16.4. The summed E-state index contributed by atoms with van der Waals surface area (Å²) in [4.78, 5) is 11.4. The van der Waals surface area contributed by atoms with Crippen LogP contribution in [-0.4, -0.2) is 23.7 Å². The lowest BCUT2D eigenvalue weighted by Crippen LogP contribution is -2.41. The van der Waals surface area contributed by atoms with Gasteiger partial charge >= 0.3 is 5.97 Å². The van der Waals surface area contributed by atoms with E-state index in [4.69, 9.17) is 0 Å². The van der Waals surface area contributed by atoms with E-state index in [0.29, 0.717) is 12.3 Å². The molecule has 21 heavy (non-hydrogen) atoms. The van der Waals surface area contributed by atoms with Crippen molar-refractivity contribution in [3.8, 4) is 0 Å². The zero-order valence-electron chi connectivity index (χ0n) is 12.9. The molecule has 2 unspecified atom stereocenters. The monoisotopic (exact) mass is 289 g/mol. The largest absolute Gasteiger partial charge is 0.480 e. The summed E-state index contributed by atoms with van der Waals surface area (Å²) in [6, 6.07) is 9.38. The maximum absolute atomic E-state index is 11.4. The Bertz CT molecular complexity index is 432. The quantitative estimate of drug-likeness (QED) is 0.808. The molecule has 0 amide bonds. The number of hydrogen-bond donors (Lipinski definition) is 2. The van der Waals surface area contributed by atoms with E-state index >= 15 is 0 Å². The Labute approximate surface area is 127 Å². The van der Waals surface area contributed by atoms with Crippen molar-refractivity contribution < 1.29 is 9.90 Å². The molecule has 1 saturated carbocycles. The summed E-state index contributed by atoms with van der Waals surface area (Å²) in [6.07, 6.45) is 6.94. The van der Waals surface area contributed by atoms with E-state index in [-0.39, 0.29) is 0 Å². The number of nitrogens with one attached hydrogen (secondary N) is 1. The average molecular weight is 289 g/mol. The SMILES string of the molecule is CCC1CCCC(CN[C@@H](Cc2ccccc2)C(=O)O)C1. The summed E-state index contributed by atoms with van der Waals surface area (Å²) in [7, 11) is 0. The van der Waals surface area contributed by atoms with Crippen LogP contribution in [0.2, 0.25) is 0 Å². The Balaban J connectivity index is 1.84. The van der Waals surface area contributed by atoms with Gasteiger partial charge in [0.15, 0.2) is 0 Å². The first kappa shape index (κ1) is 16.0. The zero-order valence-corrected chi connectivity index (χ0v) is 12.9. The van der Waals surface area contributed by atoms with Gasteiger partial charge in [0.05, 0.1) is 0 Å². The molecule has 2 rings (SSSR count). The third-order valence-electron chi connectivity index (χ3n) is 4.70. The Kier molecular flexibility index (Phi) is 6.24. The molecule has 1 aromatic carbocycles. The van der Waals surface area contributed by atoms with Crippen LogP contribution in [-0.2, 0) is 11.2 Å². The van der Waals surface area contributed by atoms with E-state index in [9.17, 15) is 9.90 Å². The molecule has 1 aromatic rings. The van der Waals surface area contributed by atoms with Crippen LogP contribution in [0, 0.1) is 11.8 Å². The normalized spacial score (nSPS) is 23.7. The smallest absolute Gasteiger partial charge is 0.321 e. The van der Waals surface area contributed by atoms with Gasteiger partial charge in [-0.3, -0.25) is 4.79 Å². The van der Waals surface area contributed by atoms with Crippen LogP contribution in [0.5, 0.6) is 0 Å². The van der Waals surface area contributed by atoms with Crippen molar-refractivity contribution in [3.05, 3.63) is 35.9 Å². The number of hydrogen-bond acceptors (Lipinski definition) is 2. The standard InChI is InChI=1S/C18H27NO2/c1-2-14-9-6-10-16(11-14)13-19-17(18(20)21)12-15-7-4-3-5-8-15/h3-5,7-8,14,16-17,19H,2,6,9-13H2,1H3,(H,20,21)/t14?,16?,17-/m0/s1. The highest BCUT2D eigenvalue weighted by molar-refractivity contribution is 5.73. The predicted molar refractivity (Wildman–Crippen MR) is 85.3 cm³/mol. The van der Waals surface area contributed by atoms with Gasteiger partial charge in [-0.2, -0.15) is 0 Å². The van der Waals surface area contributed by atoms with Crippen LogP contribution < -0.4 is 5.32 Å². The Morgan fingerprint density at radius 2 is 2.00 bits per heavy atom. The second kappa shape index (κ2) is 8.18. The van der Waals surface area contributed by atoms with Crippen LogP contribution in [0.3, 0.4) is 0 Å². The van der Waals surface area contributed by atoms with Crippen LogP contribution in [0.4, 0.5) is 0 Å². The van der Waals surface area contributed by atoms with Crippen molar-refractivity contribution in [2.24, 2.45) is 11.8 Å². The molecule has 0 heterocycles. The molecule has 1 aliphatic rings. The summed E-state index contributed by atoms with van der Waals surface area (Å²) in [6.45, 7) is 3.09. The summed E-state index contributed by atoms with van der Waals surface area (Å²) < 4.78 is 0. The molecule has 1 aliphatic carbocycles. The molecule has 3 atom stereocenters. The highest BCUT2D eigenvalue weighted by Gasteiger charge is 2.23. The van der Waals surface area contributed by atoms with Gasteiger partial charge in [-0.05, 0) is 43.2 Å². The van der Waals surface area contributed by atoms with Crippen molar-refractivity contribution in [1.82, 2.24) is 5.32 Å². The third kappa shape index (κ3) is 5.16. The lowest BCUT2D eigenvalue weighted by molar-refractivity contribution is -0.139. The number of rotatable bonds is 7. The predicted octanol–water partition coefficient (Wildman–Crippen LogP) is 3.49. The van der Waals surface area contributed by atoms with Gasteiger partial charge in [-0.25, -0.2) is 0 Å². The number of benzene rings is 1. The molecule has 0 radical (unpaired) electrons. The van der Waals surface area contributed by atoms with Crippen LogP contribution in [0.1, 0.15) is 44.6 Å². The van der Waals surface area contributed by atoms with Crippen molar-refractivity contribution in [2.75, 3.05) is 6.54 Å². The van der Waals surface area contributed by atoms with Gasteiger partial charge in [-0.15, -0.1) is 0 Å². The van der Waals surface area contributed by atoms with Crippen molar-refractivity contribution in [2.45, 2.75) is 51.5 Å². The highest BCUT2D eigenvalue weighted by Crippen LogP contribution is 2.30. The molecule has 0 saturated heterocycles. The van der Waals surface area contributed by atoms with Gasteiger partial charge in [-0.1, -0.05) is 56.5 Å². The van der Waals surface area contributed by atoms with E-state index in [2.05, 4.69) is 12.2 Å². The van der Waals surface area contributed by atoms with Crippen LogP contribution >= 0.6 is 0 Å². The van der Waals surface area contributed by atoms with Crippen LogP contribution in [0.15, 0.2) is 30.3 Å². The van der Waals surface area contributed by atoms with E-state index in [1.165, 1.54) is 32.1 Å². The Morgan fingerprint density at radius 1 is 1.29 bits per heavy atom. The molecule has 3 nitrogen and oxygen atoms in total. The Hall–Kier alpha value is -1.35. The topological polar surface area (TPSA) is 49.3 Å². The molecule has 116 valence electrons. The maximum atomic E-state index is 11.4. The number of aliphatic carboxylic acids is 1. The first-order valence-electron chi connectivity index (χ1n) is 8.19. The van der Waals surface area contributed by atoms with Gasteiger partial charge in [0, 0.05) is 0 Å². The number of carboxylic acid groups (broad SMARTS) is 1. The minimum Gasteiger partial charge on any atom is -0.480 e. The molecule has 0 bridgehead atoms. The maximum Gasteiger partial charge on any atom is 0.321 e. The van der Waals surface area contributed by atoms with Gasteiger partial charge in [0.25, 0.3) is 0 Å². The average Bonchev–Trinajstić information content (AvgIpc) is 2.52. The molecule has 1 fully saturated rings. The molecular formula is C18H27NO2. The van der Waals surface area contributed by atoms with Crippen molar-refractivity contribution in [1.29, 1.82) is 0 Å². The second-order valence-corrected chi connectivity index (χ2v) is 6.30. The molecule has 2 N–H and O–H groups in total. The third-order valence-corrected chi connectivity index (χ3v) is 4.70. The van der Waals surface area contributed by atoms with Crippen molar-refractivity contribution in [3.63, 3.8) is 0 Å². The molecule has 0 aromatic heterocycles. The zero-order chi connectivity index (χ0) is 15.1.